The van der Waals surface area contributed by atoms with Gasteiger partial charge < -0.3 is 0 Å². The van der Waals surface area contributed by atoms with Crippen LogP contribution in [0.25, 0.3) is 33.4 Å². The number of benzene rings is 4. The normalized spacial score (nSPS) is 10.0. The lowest BCUT2D eigenvalue weighted by molar-refractivity contribution is 0.565. The van der Waals surface area contributed by atoms with E-state index in [-0.39, 0.29) is 0 Å². The lowest BCUT2D eigenvalue weighted by Crippen LogP contribution is -1.91. The third-order valence-corrected chi connectivity index (χ3v) is 4.82. The minimum Gasteiger partial charge on any atom is -0.211 e. The summed E-state index contributed by atoms with van der Waals surface area (Å²) in [6.45, 7) is 0. The van der Waals surface area contributed by atoms with Gasteiger partial charge in [-0.3, -0.25) is 0 Å². The van der Waals surface area contributed by atoms with E-state index in [1.54, 1.807) is 18.2 Å². The maximum Gasteiger partial charge on any atom is 0.240 e. The second-order valence-corrected chi connectivity index (χ2v) is 6.57. The van der Waals surface area contributed by atoms with E-state index in [2.05, 4.69) is 40.3 Å². The maximum absolute atomic E-state index is 11.1. The van der Waals surface area contributed by atoms with Crippen LogP contribution in [0.2, 0.25) is 0 Å². The first-order chi connectivity index (χ1) is 14.8. The van der Waals surface area contributed by atoms with Crippen molar-refractivity contribution in [2.24, 2.45) is 9.98 Å². The van der Waals surface area contributed by atoms with Gasteiger partial charge in [0, 0.05) is 5.56 Å². The summed E-state index contributed by atoms with van der Waals surface area (Å²) in [6, 6.07) is 31.3. The fourth-order valence-corrected chi connectivity index (χ4v) is 3.56. The number of isocyanates is 2. The van der Waals surface area contributed by atoms with Gasteiger partial charge in [0.25, 0.3) is 0 Å². The van der Waals surface area contributed by atoms with Crippen LogP contribution in [0.1, 0.15) is 0 Å². The third-order valence-electron chi connectivity index (χ3n) is 4.82. The molecule has 0 spiro atoms. The highest BCUT2D eigenvalue weighted by atomic mass is 16.1. The fourth-order valence-electron chi connectivity index (χ4n) is 3.56. The van der Waals surface area contributed by atoms with E-state index >= 15 is 0 Å². The highest BCUT2D eigenvalue weighted by Gasteiger charge is 2.16. The van der Waals surface area contributed by atoms with Crippen LogP contribution in [0, 0.1) is 0 Å². The number of carbonyl (C=O) groups excluding carboxylic acids is 2. The van der Waals surface area contributed by atoms with Gasteiger partial charge >= 0.3 is 0 Å². The van der Waals surface area contributed by atoms with E-state index < -0.39 is 0 Å². The van der Waals surface area contributed by atoms with Gasteiger partial charge in [0.05, 0.1) is 11.4 Å². The van der Waals surface area contributed by atoms with Gasteiger partial charge in [-0.1, -0.05) is 78.9 Å². The molecule has 4 heteroatoms. The summed E-state index contributed by atoms with van der Waals surface area (Å²) in [5, 5.41) is 0. The van der Waals surface area contributed by atoms with E-state index in [0.29, 0.717) is 11.4 Å². The van der Waals surface area contributed by atoms with Crippen molar-refractivity contribution < 1.29 is 9.59 Å². The first-order valence-corrected chi connectivity index (χ1v) is 9.36. The molecule has 0 aliphatic carbocycles. The van der Waals surface area contributed by atoms with Crippen LogP contribution >= 0.6 is 0 Å². The van der Waals surface area contributed by atoms with Gasteiger partial charge in [0.1, 0.15) is 0 Å². The highest BCUT2D eigenvalue weighted by Crippen LogP contribution is 2.43. The van der Waals surface area contributed by atoms with Crippen LogP contribution in [-0.2, 0) is 9.59 Å². The van der Waals surface area contributed by atoms with E-state index in [4.69, 9.17) is 0 Å². The molecule has 0 aliphatic heterocycles. The molecule has 0 radical (unpaired) electrons. The number of rotatable bonds is 5. The first-order valence-electron chi connectivity index (χ1n) is 9.36. The van der Waals surface area contributed by atoms with Crippen LogP contribution in [-0.4, -0.2) is 12.2 Å². The summed E-state index contributed by atoms with van der Waals surface area (Å²) < 4.78 is 0. The predicted molar refractivity (Wildman–Crippen MR) is 118 cm³/mol. The Bertz CT molecular complexity index is 1290. The molecule has 142 valence electrons. The van der Waals surface area contributed by atoms with Crippen molar-refractivity contribution in [2.75, 3.05) is 0 Å². The second-order valence-electron chi connectivity index (χ2n) is 6.57. The lowest BCUT2D eigenvalue weighted by Gasteiger charge is -2.17. The molecule has 4 nitrogen and oxygen atoms in total. The minimum atomic E-state index is 0.378. The number of aliphatic imine (C=N–C) groups is 2. The SMILES string of the molecule is O=C=Nc1ccc(-c2cccc(-c3ccccc3)c2-c2ccccc2)c(N=C=O)c1. The van der Waals surface area contributed by atoms with Crippen molar-refractivity contribution in [3.05, 3.63) is 97.1 Å². The molecule has 0 N–H and O–H groups in total. The Kier molecular flexibility index (Phi) is 5.54. The van der Waals surface area contributed by atoms with Gasteiger partial charge in [0.2, 0.25) is 12.2 Å². The number of nitrogens with zero attached hydrogens (tertiary/aromatic N) is 2. The molecule has 0 amide bonds. The van der Waals surface area contributed by atoms with Crippen LogP contribution < -0.4 is 0 Å². The van der Waals surface area contributed by atoms with Crippen LogP contribution in [0.5, 0.6) is 0 Å². The molecule has 0 saturated carbocycles. The zero-order valence-corrected chi connectivity index (χ0v) is 15.9. The maximum atomic E-state index is 11.1. The van der Waals surface area contributed by atoms with Gasteiger partial charge in [0.15, 0.2) is 0 Å². The summed E-state index contributed by atoms with van der Waals surface area (Å²) in [7, 11) is 0. The van der Waals surface area contributed by atoms with E-state index in [1.165, 1.54) is 6.08 Å². The average Bonchev–Trinajstić information content (AvgIpc) is 2.80. The Hall–Kier alpha value is -4.36. The third kappa shape index (κ3) is 3.78. The molecular weight excluding hydrogens is 372 g/mol. The largest absolute Gasteiger partial charge is 0.240 e. The predicted octanol–water partition coefficient (Wildman–Crippen LogP) is 6.62. The van der Waals surface area contributed by atoms with E-state index in [1.807, 2.05) is 54.6 Å². The minimum absolute atomic E-state index is 0.378. The zero-order valence-electron chi connectivity index (χ0n) is 15.9. The molecule has 0 aliphatic rings. The lowest BCUT2D eigenvalue weighted by atomic mass is 9.87. The molecule has 4 rings (SSSR count). The highest BCUT2D eigenvalue weighted by molar-refractivity contribution is 5.97. The number of hydrogen-bond acceptors (Lipinski definition) is 4. The average molecular weight is 388 g/mol. The molecule has 0 unspecified atom stereocenters. The summed E-state index contributed by atoms with van der Waals surface area (Å²) in [5.74, 6) is 0. The molecular formula is C26H16N2O2. The Labute approximate surface area is 173 Å². The van der Waals surface area contributed by atoms with Crippen molar-refractivity contribution in [3.63, 3.8) is 0 Å². The Balaban J connectivity index is 2.04. The molecule has 0 saturated heterocycles. The van der Waals surface area contributed by atoms with Crippen molar-refractivity contribution in [1.29, 1.82) is 0 Å². The Morgan fingerprint density at radius 3 is 1.83 bits per heavy atom. The summed E-state index contributed by atoms with van der Waals surface area (Å²) in [5.41, 5.74) is 6.66. The molecule has 4 aromatic carbocycles. The van der Waals surface area contributed by atoms with E-state index in [0.717, 1.165) is 33.4 Å². The van der Waals surface area contributed by atoms with Crippen LogP contribution in [0.15, 0.2) is 107 Å². The van der Waals surface area contributed by atoms with Gasteiger partial charge in [-0.15, -0.1) is 0 Å². The fraction of sp³-hybridized carbons (Fsp3) is 0. The Morgan fingerprint density at radius 2 is 1.17 bits per heavy atom. The van der Waals surface area contributed by atoms with Gasteiger partial charge in [-0.25, -0.2) is 9.59 Å². The molecule has 0 bridgehead atoms. The molecule has 0 aromatic heterocycles. The molecule has 4 aromatic rings. The molecule has 0 atom stereocenters. The summed E-state index contributed by atoms with van der Waals surface area (Å²) in [4.78, 5) is 29.2. The summed E-state index contributed by atoms with van der Waals surface area (Å²) >= 11 is 0. The van der Waals surface area contributed by atoms with Gasteiger partial charge in [-0.2, -0.15) is 9.98 Å². The molecule has 0 fully saturated rings. The monoisotopic (exact) mass is 388 g/mol. The zero-order chi connectivity index (χ0) is 20.8. The van der Waals surface area contributed by atoms with Crippen molar-refractivity contribution in [1.82, 2.24) is 0 Å². The number of hydrogen-bond donors (Lipinski definition) is 0. The van der Waals surface area contributed by atoms with Crippen molar-refractivity contribution in [2.45, 2.75) is 0 Å². The van der Waals surface area contributed by atoms with Crippen LogP contribution in [0.4, 0.5) is 11.4 Å². The topological polar surface area (TPSA) is 58.9 Å². The van der Waals surface area contributed by atoms with Crippen LogP contribution in [0.3, 0.4) is 0 Å². The second kappa shape index (κ2) is 8.76. The Morgan fingerprint density at radius 1 is 0.533 bits per heavy atom. The smallest absolute Gasteiger partial charge is 0.211 e. The quantitative estimate of drug-likeness (QED) is 0.285. The van der Waals surface area contributed by atoms with Crippen molar-refractivity contribution in [3.8, 4) is 33.4 Å². The molecule has 30 heavy (non-hydrogen) atoms. The van der Waals surface area contributed by atoms with Gasteiger partial charge in [-0.05, 0) is 46.0 Å². The summed E-state index contributed by atoms with van der Waals surface area (Å²) in [6.07, 6.45) is 3.12. The van der Waals surface area contributed by atoms with E-state index in [9.17, 15) is 9.59 Å². The molecule has 0 heterocycles. The van der Waals surface area contributed by atoms with Crippen molar-refractivity contribution >= 4 is 23.5 Å². The first kappa shape index (κ1) is 19.0. The standard InChI is InChI=1S/C26H16N2O2/c29-17-27-21-14-15-23(25(16-21)28-18-30)24-13-7-12-22(19-8-3-1-4-9-19)26(24)20-10-5-2-6-11-20/h1-16H.